The van der Waals surface area contributed by atoms with E-state index in [9.17, 15) is 9.90 Å². The number of H-pyrrole nitrogens is 1. The lowest BCUT2D eigenvalue weighted by molar-refractivity contribution is -0.402. The van der Waals surface area contributed by atoms with Gasteiger partial charge < -0.3 is 31.3 Å². The second kappa shape index (κ2) is 8.20. The Labute approximate surface area is 112 Å². The van der Waals surface area contributed by atoms with Gasteiger partial charge in [0.2, 0.25) is 5.69 Å². The maximum absolute atomic E-state index is 10.4. The van der Waals surface area contributed by atoms with Gasteiger partial charge in [0.05, 0.1) is 29.0 Å². The molecule has 0 fully saturated rings. The number of urea groups is 1. The van der Waals surface area contributed by atoms with E-state index in [2.05, 4.69) is 10.1 Å². The van der Waals surface area contributed by atoms with E-state index in [1.807, 2.05) is 5.43 Å². The van der Waals surface area contributed by atoms with Crippen LogP contribution in [0.2, 0.25) is 0 Å². The van der Waals surface area contributed by atoms with Crippen molar-refractivity contribution in [3.63, 3.8) is 0 Å². The molecule has 1 aromatic rings. The van der Waals surface area contributed by atoms with Gasteiger partial charge in [0.1, 0.15) is 0 Å². The summed E-state index contributed by atoms with van der Waals surface area (Å²) in [6.45, 7) is 1.40. The molecule has 110 valence electrons. The molecular weight excluding hydrogens is 274 g/mol. The topological polar surface area (TPSA) is 188 Å². The molecule has 0 aliphatic carbocycles. The molecule has 0 saturated carbocycles. The molecule has 0 saturated heterocycles. The first-order valence-electron chi connectivity index (χ1n) is 5.03. The number of hydrogen-bond donors (Lipinski definition) is 4. The van der Waals surface area contributed by atoms with Crippen molar-refractivity contribution in [1.29, 1.82) is 0 Å². The Kier molecular flexibility index (Phi) is 6.99. The van der Waals surface area contributed by atoms with Crippen LogP contribution in [0.15, 0.2) is 11.3 Å². The second-order valence-corrected chi connectivity index (χ2v) is 3.32. The Hall–Kier alpha value is -2.95. The van der Waals surface area contributed by atoms with Crippen LogP contribution in [-0.2, 0) is 6.61 Å². The summed E-state index contributed by atoms with van der Waals surface area (Å²) in [5.74, 6) is -0.0402. The number of aryl methyl sites for hydroxylation is 1. The zero-order valence-corrected chi connectivity index (χ0v) is 10.4. The Morgan fingerprint density at radius 3 is 2.65 bits per heavy atom. The van der Waals surface area contributed by atoms with Crippen LogP contribution in [0.5, 0.6) is 5.75 Å². The first-order valence-corrected chi connectivity index (χ1v) is 5.03. The number of pyridine rings is 1. The van der Waals surface area contributed by atoms with E-state index >= 15 is 0 Å². The lowest BCUT2D eigenvalue weighted by atomic mass is 10.1. The second-order valence-electron chi connectivity index (χ2n) is 3.32. The number of aromatic nitrogens is 1. The molecule has 1 heterocycles. The molecule has 0 aromatic carbocycles. The van der Waals surface area contributed by atoms with Crippen LogP contribution >= 0.6 is 0 Å². The maximum Gasteiger partial charge on any atom is 0.332 e. The van der Waals surface area contributed by atoms with Crippen molar-refractivity contribution in [2.45, 2.75) is 13.5 Å². The molecule has 11 nitrogen and oxygen atoms in total. The molecule has 0 aliphatic rings. The zero-order chi connectivity index (χ0) is 15.7. The van der Waals surface area contributed by atoms with E-state index in [0.717, 1.165) is 0 Å². The quantitative estimate of drug-likeness (QED) is 0.305. The normalized spacial score (nSPS) is 9.70. The van der Waals surface area contributed by atoms with Crippen molar-refractivity contribution in [2.24, 2.45) is 10.8 Å². The fraction of sp³-hybridized carbons (Fsp3) is 0.222. The Morgan fingerprint density at radius 2 is 2.20 bits per heavy atom. The Balaban J connectivity index is 0.000000796. The number of aromatic hydroxyl groups is 1. The van der Waals surface area contributed by atoms with Crippen LogP contribution in [0.4, 0.5) is 4.79 Å². The molecule has 1 aromatic heterocycles. The van der Waals surface area contributed by atoms with Crippen LogP contribution < -0.4 is 16.1 Å². The molecule has 0 unspecified atom stereocenters. The average Bonchev–Trinajstić information content (AvgIpc) is 2.33. The van der Waals surface area contributed by atoms with Crippen molar-refractivity contribution >= 4 is 12.2 Å². The van der Waals surface area contributed by atoms with Crippen LogP contribution in [0, 0.1) is 22.2 Å². The summed E-state index contributed by atoms with van der Waals surface area (Å²) in [5.41, 5.74) is 8.12. The number of hydrogen-bond acceptors (Lipinski definition) is 7. The van der Waals surface area contributed by atoms with Gasteiger partial charge in [-0.1, -0.05) is 0 Å². The van der Waals surface area contributed by atoms with E-state index in [1.54, 1.807) is 13.1 Å². The lowest BCUT2D eigenvalue weighted by Gasteiger charge is -2.02. The van der Waals surface area contributed by atoms with Gasteiger partial charge in [-0.05, 0) is 0 Å². The number of primary amides is 1. The smallest absolute Gasteiger partial charge is 0.332 e. The van der Waals surface area contributed by atoms with Crippen LogP contribution in [-0.4, -0.2) is 27.5 Å². The predicted octanol–water partition coefficient (Wildman–Crippen LogP) is -1.23. The number of amides is 2. The summed E-state index contributed by atoms with van der Waals surface area (Å²) < 4.78 is 0. The summed E-state index contributed by atoms with van der Waals surface area (Å²) in [7, 11) is 0. The number of nitrogens with zero attached hydrogens (tertiary/aromatic N) is 2. The fourth-order valence-corrected chi connectivity index (χ4v) is 1.13. The van der Waals surface area contributed by atoms with E-state index < -0.39 is 11.1 Å². The maximum atomic E-state index is 10.4. The molecule has 2 amide bonds. The third kappa shape index (κ3) is 6.11. The van der Waals surface area contributed by atoms with E-state index in [4.69, 9.17) is 26.2 Å². The number of aliphatic hydroxyl groups excluding tert-OH is 1. The summed E-state index contributed by atoms with van der Waals surface area (Å²) >= 11 is 0. The highest BCUT2D eigenvalue weighted by Crippen LogP contribution is 2.19. The van der Waals surface area contributed by atoms with Crippen LogP contribution in [0.3, 0.4) is 0 Å². The van der Waals surface area contributed by atoms with Crippen molar-refractivity contribution < 1.29 is 25.1 Å². The Morgan fingerprint density at radius 1 is 1.65 bits per heavy atom. The number of carbonyl (C=O) groups excluding carboxylic acids is 1. The van der Waals surface area contributed by atoms with E-state index in [1.165, 1.54) is 6.21 Å². The van der Waals surface area contributed by atoms with Crippen LogP contribution in [0.1, 0.15) is 16.8 Å². The number of nitrogens with two attached hydrogens (primary N) is 1. The van der Waals surface area contributed by atoms with Gasteiger partial charge in [-0.3, -0.25) is 0 Å². The van der Waals surface area contributed by atoms with Crippen LogP contribution in [0.25, 0.3) is 0 Å². The van der Waals surface area contributed by atoms with Gasteiger partial charge in [0.25, 0.3) is 0 Å². The molecule has 0 bridgehead atoms. The summed E-state index contributed by atoms with van der Waals surface area (Å²) in [4.78, 5) is 21.4. The SMILES string of the molecule is Cc1[nH+]cc(CO)c(/C=N/NC(N)=O)c1O.O=[N+]([O-])[O-]. The van der Waals surface area contributed by atoms with Gasteiger partial charge in [0.15, 0.2) is 11.9 Å². The standard InChI is InChI=1S/C9H12N4O3.NO3/c1-5-8(15)7(3-12-13-9(10)16)6(4-14)2-11-5;2-1(3)4/h2-3,14-15H,4H2,1H3,(H3,10,13,16);/q;-1/p+1/b12-3+;. The molecular formula is C9H13N5O6. The van der Waals surface area contributed by atoms with Crippen molar-refractivity contribution in [2.75, 3.05) is 0 Å². The largest absolute Gasteiger partial charge is 0.502 e. The first kappa shape index (κ1) is 17.1. The number of rotatable bonds is 3. The molecule has 0 spiro atoms. The zero-order valence-electron chi connectivity index (χ0n) is 10.4. The monoisotopic (exact) mass is 287 g/mol. The van der Waals surface area contributed by atoms with Gasteiger partial charge in [0, 0.05) is 6.92 Å². The molecule has 20 heavy (non-hydrogen) atoms. The Bertz CT molecular complexity index is 514. The number of carbonyl (C=O) groups is 1. The van der Waals surface area contributed by atoms with Crippen molar-refractivity contribution in [3.05, 3.63) is 38.3 Å². The highest BCUT2D eigenvalue weighted by molar-refractivity contribution is 5.86. The van der Waals surface area contributed by atoms with Gasteiger partial charge in [-0.2, -0.15) is 5.10 Å². The lowest BCUT2D eigenvalue weighted by Crippen LogP contribution is -2.24. The van der Waals surface area contributed by atoms with E-state index in [-0.39, 0.29) is 12.4 Å². The summed E-state index contributed by atoms with van der Waals surface area (Å²) in [5, 5.41) is 37.0. The van der Waals surface area contributed by atoms with Gasteiger partial charge in [-0.15, -0.1) is 0 Å². The van der Waals surface area contributed by atoms with Gasteiger partial charge in [-0.25, -0.2) is 15.2 Å². The highest BCUT2D eigenvalue weighted by Gasteiger charge is 2.13. The number of nitrogens with one attached hydrogen (secondary N) is 2. The summed E-state index contributed by atoms with van der Waals surface area (Å²) in [6, 6.07) is -0.805. The molecule has 1 rings (SSSR count). The highest BCUT2D eigenvalue weighted by atomic mass is 16.9. The number of hydrazone groups is 1. The summed E-state index contributed by atoms with van der Waals surface area (Å²) in [6.07, 6.45) is 2.76. The molecule has 0 radical (unpaired) electrons. The molecule has 6 N–H and O–H groups in total. The number of aromatic amines is 1. The first-order chi connectivity index (χ1) is 9.29. The minimum absolute atomic E-state index is 0.0402. The van der Waals surface area contributed by atoms with Crippen molar-refractivity contribution in [1.82, 2.24) is 5.43 Å². The third-order valence-electron chi connectivity index (χ3n) is 1.96. The fourth-order valence-electron chi connectivity index (χ4n) is 1.13. The minimum Gasteiger partial charge on any atom is -0.502 e. The molecule has 0 atom stereocenters. The minimum atomic E-state index is -1.75. The van der Waals surface area contributed by atoms with Gasteiger partial charge >= 0.3 is 6.03 Å². The van der Waals surface area contributed by atoms with Crippen molar-refractivity contribution in [3.8, 4) is 5.75 Å². The van der Waals surface area contributed by atoms with E-state index in [0.29, 0.717) is 16.8 Å². The third-order valence-corrected chi connectivity index (χ3v) is 1.96. The average molecular weight is 287 g/mol. The number of aliphatic hydroxyl groups is 1. The predicted molar refractivity (Wildman–Crippen MR) is 66.0 cm³/mol. The molecule has 11 heteroatoms. The molecule has 0 aliphatic heterocycles.